The number of ether oxygens (including phenoxy) is 4. The maximum Gasteiger partial charge on any atom is 0.279 e. The molecule has 0 atom stereocenters. The minimum absolute atomic E-state index is 0.329. The van der Waals surface area contributed by atoms with Crippen molar-refractivity contribution in [3.8, 4) is 34.1 Å². The molecule has 4 rings (SSSR count). The smallest absolute Gasteiger partial charge is 0.279 e. The molecule has 4 aromatic carbocycles. The summed E-state index contributed by atoms with van der Waals surface area (Å²) in [5.74, 6) is -1.04. The van der Waals surface area contributed by atoms with Gasteiger partial charge in [-0.2, -0.15) is 10.2 Å². The van der Waals surface area contributed by atoms with E-state index in [4.69, 9.17) is 18.9 Å². The van der Waals surface area contributed by atoms with E-state index in [1.54, 1.807) is 72.8 Å². The van der Waals surface area contributed by atoms with Crippen molar-refractivity contribution in [2.24, 2.45) is 10.2 Å². The van der Waals surface area contributed by atoms with Crippen LogP contribution in [0.3, 0.4) is 0 Å². The molecule has 0 aromatic heterocycles. The number of hydrazone groups is 2. The molecule has 0 fully saturated rings. The lowest BCUT2D eigenvalue weighted by Crippen LogP contribution is -2.29. The lowest BCUT2D eigenvalue weighted by Gasteiger charge is -2.20. The van der Waals surface area contributed by atoms with Crippen molar-refractivity contribution in [1.82, 2.24) is 0 Å². The van der Waals surface area contributed by atoms with E-state index in [0.29, 0.717) is 82.9 Å². The Bertz CT molecular complexity index is 1870. The van der Waals surface area contributed by atoms with Crippen molar-refractivity contribution in [1.29, 1.82) is 0 Å². The second-order valence-corrected chi connectivity index (χ2v) is 11.7. The van der Waals surface area contributed by atoms with Crippen LogP contribution in [0.1, 0.15) is 40.5 Å². The Morgan fingerprint density at radius 3 is 1.24 bits per heavy atom. The van der Waals surface area contributed by atoms with Crippen molar-refractivity contribution in [3.63, 3.8) is 0 Å². The van der Waals surface area contributed by atoms with Crippen LogP contribution in [0.15, 0.2) is 95.1 Å². The number of hydrogen-bond donors (Lipinski definition) is 4. The van der Waals surface area contributed by atoms with E-state index in [1.165, 1.54) is 28.1 Å². The van der Waals surface area contributed by atoms with Gasteiger partial charge >= 0.3 is 0 Å². The number of nitrogens with one attached hydrogen (secondary N) is 4. The summed E-state index contributed by atoms with van der Waals surface area (Å²) in [6.07, 6.45) is 1.38. The van der Waals surface area contributed by atoms with Crippen molar-refractivity contribution >= 4 is 57.6 Å². The van der Waals surface area contributed by atoms with Crippen LogP contribution < -0.4 is 40.4 Å². The number of Topliss-reactive ketones (excluding diaryl/α,β-unsaturated/α-hetero) is 2. The molecule has 4 N–H and O–H groups in total. The third kappa shape index (κ3) is 10.7. The normalized spacial score (nSPS) is 11.2. The third-order valence-corrected chi connectivity index (χ3v) is 7.55. The molecule has 2 amide bonds. The molecule has 14 heteroatoms. The SMILES string of the molecule is CCCOc1cc(-c2cc(OCCC)c(N/N=C(\C(C)=O)C(=O)Nc3ccccc3)cc2OC)c(OC)cc1N/N=C(\C(C)=O)C(=O)Nc1ccccc1. The zero-order valence-electron chi connectivity index (χ0n) is 31.1. The first kappa shape index (κ1) is 40.1. The molecular weight excluding hydrogens is 692 g/mol. The third-order valence-electron chi connectivity index (χ3n) is 7.55. The van der Waals surface area contributed by atoms with Gasteiger partial charge in [-0.3, -0.25) is 30.0 Å². The molecule has 14 nitrogen and oxygen atoms in total. The number of methoxy groups -OCH3 is 2. The fourth-order valence-corrected chi connectivity index (χ4v) is 4.95. The predicted octanol–water partition coefficient (Wildman–Crippen LogP) is 6.94. The molecule has 0 aliphatic heterocycles. The molecule has 0 bridgehead atoms. The second-order valence-electron chi connectivity index (χ2n) is 11.7. The monoisotopic (exact) mass is 736 g/mol. The fraction of sp³-hybridized carbons (Fsp3) is 0.250. The zero-order chi connectivity index (χ0) is 39.0. The lowest BCUT2D eigenvalue weighted by atomic mass is 10.0. The van der Waals surface area contributed by atoms with Gasteiger partial charge in [0, 0.05) is 48.5 Å². The topological polar surface area (TPSA) is 178 Å². The molecule has 4 aromatic rings. The fourth-order valence-electron chi connectivity index (χ4n) is 4.95. The zero-order valence-corrected chi connectivity index (χ0v) is 31.1. The number of anilines is 4. The van der Waals surface area contributed by atoms with E-state index in [9.17, 15) is 19.2 Å². The first-order valence-electron chi connectivity index (χ1n) is 17.2. The molecule has 0 aliphatic rings. The molecule has 0 spiro atoms. The quantitative estimate of drug-likeness (QED) is 0.0448. The van der Waals surface area contributed by atoms with Gasteiger partial charge in [0.25, 0.3) is 11.8 Å². The van der Waals surface area contributed by atoms with E-state index in [1.807, 2.05) is 26.0 Å². The average Bonchev–Trinajstić information content (AvgIpc) is 3.16. The van der Waals surface area contributed by atoms with E-state index >= 15 is 0 Å². The minimum atomic E-state index is -0.685. The number of rotatable bonds is 19. The summed E-state index contributed by atoms with van der Waals surface area (Å²) in [4.78, 5) is 50.9. The van der Waals surface area contributed by atoms with Crippen molar-refractivity contribution in [2.75, 3.05) is 48.9 Å². The van der Waals surface area contributed by atoms with E-state index in [-0.39, 0.29) is 11.4 Å². The van der Waals surface area contributed by atoms with Gasteiger partial charge in [0.2, 0.25) is 0 Å². The largest absolute Gasteiger partial charge is 0.496 e. The van der Waals surface area contributed by atoms with Gasteiger partial charge in [-0.05, 0) is 49.2 Å². The van der Waals surface area contributed by atoms with Crippen LogP contribution in [-0.2, 0) is 19.2 Å². The predicted molar refractivity (Wildman–Crippen MR) is 210 cm³/mol. The van der Waals surface area contributed by atoms with Gasteiger partial charge in [-0.1, -0.05) is 50.2 Å². The van der Waals surface area contributed by atoms with Crippen LogP contribution in [0.25, 0.3) is 11.1 Å². The minimum Gasteiger partial charge on any atom is -0.496 e. The van der Waals surface area contributed by atoms with Crippen LogP contribution >= 0.6 is 0 Å². The Balaban J connectivity index is 1.75. The highest BCUT2D eigenvalue weighted by Gasteiger charge is 2.23. The maximum absolute atomic E-state index is 13.0. The summed E-state index contributed by atoms with van der Waals surface area (Å²) in [7, 11) is 2.98. The molecule has 0 heterocycles. The summed E-state index contributed by atoms with van der Waals surface area (Å²) in [5, 5.41) is 13.7. The van der Waals surface area contributed by atoms with Gasteiger partial charge in [0.1, 0.15) is 34.4 Å². The molecule has 0 aliphatic carbocycles. The number of nitrogens with zero attached hydrogens (tertiary/aromatic N) is 2. The summed E-state index contributed by atoms with van der Waals surface area (Å²) in [5.41, 5.74) is 7.71. The van der Waals surface area contributed by atoms with Crippen LogP contribution in [0.4, 0.5) is 22.7 Å². The number of hydrogen-bond acceptors (Lipinski definition) is 12. The van der Waals surface area contributed by atoms with E-state index < -0.39 is 23.4 Å². The van der Waals surface area contributed by atoms with Gasteiger partial charge in [-0.15, -0.1) is 0 Å². The van der Waals surface area contributed by atoms with Crippen LogP contribution in [0, 0.1) is 0 Å². The Morgan fingerprint density at radius 1 is 0.556 bits per heavy atom. The maximum atomic E-state index is 13.0. The molecule has 0 radical (unpaired) electrons. The highest BCUT2D eigenvalue weighted by molar-refractivity contribution is 6.67. The van der Waals surface area contributed by atoms with Gasteiger partial charge in [0.15, 0.2) is 23.0 Å². The van der Waals surface area contributed by atoms with Crippen molar-refractivity contribution in [3.05, 3.63) is 84.9 Å². The van der Waals surface area contributed by atoms with Crippen molar-refractivity contribution < 1.29 is 38.1 Å². The number of ketones is 2. The Hall–Kier alpha value is -6.70. The molecule has 54 heavy (non-hydrogen) atoms. The van der Waals surface area contributed by atoms with Crippen LogP contribution in [0.5, 0.6) is 23.0 Å². The molecular formula is C40H44N6O8. The van der Waals surface area contributed by atoms with Gasteiger partial charge in [-0.25, -0.2) is 0 Å². The molecule has 0 saturated carbocycles. The molecule has 0 unspecified atom stereocenters. The summed E-state index contributed by atoms with van der Waals surface area (Å²) < 4.78 is 23.8. The average molecular weight is 737 g/mol. The summed E-state index contributed by atoms with van der Waals surface area (Å²) >= 11 is 0. The Labute approximate surface area is 313 Å². The summed E-state index contributed by atoms with van der Waals surface area (Å²) in [6.45, 7) is 7.09. The number of benzene rings is 4. The number of carbonyl (C=O) groups excluding carboxylic acids is 4. The van der Waals surface area contributed by atoms with Crippen molar-refractivity contribution in [2.45, 2.75) is 40.5 Å². The number of carbonyl (C=O) groups is 4. The molecule has 0 saturated heterocycles. The Morgan fingerprint density at radius 2 is 0.926 bits per heavy atom. The number of amides is 2. The summed E-state index contributed by atoms with van der Waals surface area (Å²) in [6, 6.07) is 24.1. The Kier molecular flexibility index (Phi) is 14.7. The molecule has 282 valence electrons. The number of para-hydroxylation sites is 2. The van der Waals surface area contributed by atoms with Crippen LogP contribution in [-0.4, -0.2) is 62.2 Å². The van der Waals surface area contributed by atoms with Crippen LogP contribution in [0.2, 0.25) is 0 Å². The lowest BCUT2D eigenvalue weighted by molar-refractivity contribution is -0.116. The highest BCUT2D eigenvalue weighted by Crippen LogP contribution is 2.46. The first-order valence-corrected chi connectivity index (χ1v) is 17.2. The highest BCUT2D eigenvalue weighted by atomic mass is 16.5. The van der Waals surface area contributed by atoms with E-state index in [0.717, 1.165) is 0 Å². The standard InChI is InChI=1S/C40H44N6O8/c1-7-19-53-35-21-29(33(51-5)23-31(35)43-45-37(25(3)47)39(49)41-27-15-11-9-12-16-27)30-22-36(54-20-8-2)32(24-34(30)52-6)44-46-38(26(4)48)40(50)42-28-17-13-10-14-18-28/h9-18,21-24,43-44H,7-8,19-20H2,1-6H3,(H,41,49)(H,42,50)/b45-37+,46-38+. The second kappa shape index (κ2) is 19.8. The van der Waals surface area contributed by atoms with Gasteiger partial charge in [0.05, 0.1) is 27.4 Å². The van der Waals surface area contributed by atoms with E-state index in [2.05, 4.69) is 31.7 Å². The van der Waals surface area contributed by atoms with Gasteiger partial charge < -0.3 is 29.6 Å². The first-order chi connectivity index (χ1) is 26.1.